The number of methoxy groups -OCH3 is 1. The van der Waals surface area contributed by atoms with Gasteiger partial charge in [-0.2, -0.15) is 0 Å². The Morgan fingerprint density at radius 1 is 0.931 bits per heavy atom. The predicted molar refractivity (Wildman–Crippen MR) is 112 cm³/mol. The summed E-state index contributed by atoms with van der Waals surface area (Å²) in [6.45, 7) is 4.32. The first-order chi connectivity index (χ1) is 14.0. The second-order valence-electron chi connectivity index (χ2n) is 6.59. The fraction of sp³-hybridized carbons (Fsp3) is 0.217. The second-order valence-corrected chi connectivity index (χ2v) is 6.59. The quantitative estimate of drug-likeness (QED) is 0.619. The molecule has 1 aromatic heterocycles. The molecule has 0 saturated heterocycles. The van der Waals surface area contributed by atoms with Gasteiger partial charge in [-0.15, -0.1) is 0 Å². The molecule has 2 aromatic carbocycles. The number of ether oxygens (including phenoxy) is 3. The minimum atomic E-state index is -0.256. The van der Waals surface area contributed by atoms with Crippen LogP contribution in [0.1, 0.15) is 16.7 Å². The van der Waals surface area contributed by atoms with Crippen molar-refractivity contribution in [2.24, 2.45) is 0 Å². The molecule has 0 bridgehead atoms. The van der Waals surface area contributed by atoms with Crippen LogP contribution in [0.15, 0.2) is 60.9 Å². The van der Waals surface area contributed by atoms with E-state index >= 15 is 0 Å². The van der Waals surface area contributed by atoms with Gasteiger partial charge in [0.25, 0.3) is 5.91 Å². The van der Waals surface area contributed by atoms with E-state index < -0.39 is 0 Å². The Morgan fingerprint density at radius 3 is 2.45 bits per heavy atom. The van der Waals surface area contributed by atoms with Crippen LogP contribution in [-0.2, 0) is 11.4 Å². The van der Waals surface area contributed by atoms with Crippen LogP contribution in [0.5, 0.6) is 17.2 Å². The van der Waals surface area contributed by atoms with E-state index in [0.29, 0.717) is 29.5 Å². The van der Waals surface area contributed by atoms with Gasteiger partial charge in [-0.05, 0) is 66.9 Å². The van der Waals surface area contributed by atoms with Crippen molar-refractivity contribution in [3.8, 4) is 17.2 Å². The van der Waals surface area contributed by atoms with E-state index in [1.165, 1.54) is 5.56 Å². The summed E-state index contributed by atoms with van der Waals surface area (Å²) in [5.74, 6) is 1.54. The lowest BCUT2D eigenvalue weighted by atomic mass is 10.1. The van der Waals surface area contributed by atoms with Crippen molar-refractivity contribution < 1.29 is 19.0 Å². The van der Waals surface area contributed by atoms with Crippen LogP contribution in [0.2, 0.25) is 0 Å². The molecule has 6 heteroatoms. The number of pyridine rings is 1. The van der Waals surface area contributed by atoms with Crippen molar-refractivity contribution in [2.45, 2.75) is 20.5 Å². The zero-order valence-corrected chi connectivity index (χ0v) is 16.8. The van der Waals surface area contributed by atoms with E-state index in [4.69, 9.17) is 14.2 Å². The highest BCUT2D eigenvalue weighted by atomic mass is 16.5. The molecule has 0 radical (unpaired) electrons. The Labute approximate surface area is 170 Å². The molecule has 0 aliphatic carbocycles. The zero-order chi connectivity index (χ0) is 20.6. The Balaban J connectivity index is 1.60. The van der Waals surface area contributed by atoms with E-state index in [2.05, 4.69) is 10.3 Å². The minimum absolute atomic E-state index is 0.0816. The molecule has 1 amide bonds. The highest BCUT2D eigenvalue weighted by Gasteiger charge is 2.10. The fourth-order valence-corrected chi connectivity index (χ4v) is 2.66. The summed E-state index contributed by atoms with van der Waals surface area (Å²) in [7, 11) is 1.57. The molecule has 1 N–H and O–H groups in total. The van der Waals surface area contributed by atoms with Crippen LogP contribution >= 0.6 is 0 Å². The Morgan fingerprint density at radius 2 is 1.72 bits per heavy atom. The monoisotopic (exact) mass is 392 g/mol. The number of carbonyl (C=O) groups excluding carboxylic acids is 1. The minimum Gasteiger partial charge on any atom is -0.493 e. The third-order valence-electron chi connectivity index (χ3n) is 4.44. The van der Waals surface area contributed by atoms with Crippen molar-refractivity contribution in [2.75, 3.05) is 19.0 Å². The van der Waals surface area contributed by atoms with Gasteiger partial charge in [0, 0.05) is 24.1 Å². The molecule has 3 aromatic rings. The number of aromatic nitrogens is 1. The van der Waals surface area contributed by atoms with Gasteiger partial charge in [0.2, 0.25) is 0 Å². The van der Waals surface area contributed by atoms with Crippen LogP contribution in [0.25, 0.3) is 0 Å². The van der Waals surface area contributed by atoms with Gasteiger partial charge in [0.05, 0.1) is 7.11 Å². The van der Waals surface area contributed by atoms with E-state index in [0.717, 1.165) is 11.1 Å². The maximum absolute atomic E-state index is 12.3. The van der Waals surface area contributed by atoms with Gasteiger partial charge in [0.15, 0.2) is 18.1 Å². The number of hydrogen-bond acceptors (Lipinski definition) is 5. The summed E-state index contributed by atoms with van der Waals surface area (Å²) in [4.78, 5) is 16.3. The number of rotatable bonds is 8. The van der Waals surface area contributed by atoms with Crippen molar-refractivity contribution >= 4 is 11.6 Å². The van der Waals surface area contributed by atoms with Gasteiger partial charge < -0.3 is 19.5 Å². The molecule has 150 valence electrons. The third kappa shape index (κ3) is 5.72. The molecule has 0 saturated carbocycles. The second kappa shape index (κ2) is 9.59. The number of nitrogens with zero attached hydrogens (tertiary/aromatic N) is 1. The molecular formula is C23H24N2O4. The SMILES string of the molecule is COc1ccc(NC(=O)COc2ccc(C)c(C)c2)cc1OCc1ccncc1. The van der Waals surface area contributed by atoms with Gasteiger partial charge in [-0.1, -0.05) is 6.07 Å². The molecule has 29 heavy (non-hydrogen) atoms. The molecule has 0 spiro atoms. The first-order valence-electron chi connectivity index (χ1n) is 9.25. The zero-order valence-electron chi connectivity index (χ0n) is 16.8. The lowest BCUT2D eigenvalue weighted by Crippen LogP contribution is -2.20. The van der Waals surface area contributed by atoms with Gasteiger partial charge in [-0.25, -0.2) is 0 Å². The number of hydrogen-bond donors (Lipinski definition) is 1. The van der Waals surface area contributed by atoms with Crippen LogP contribution < -0.4 is 19.5 Å². The number of amides is 1. The maximum Gasteiger partial charge on any atom is 0.262 e. The van der Waals surface area contributed by atoms with Crippen LogP contribution in [-0.4, -0.2) is 24.6 Å². The third-order valence-corrected chi connectivity index (χ3v) is 4.44. The fourth-order valence-electron chi connectivity index (χ4n) is 2.66. The molecular weight excluding hydrogens is 368 g/mol. The number of aryl methyl sites for hydroxylation is 2. The predicted octanol–water partition coefficient (Wildman–Crippen LogP) is 4.30. The Bertz CT molecular complexity index is 974. The molecule has 0 atom stereocenters. The van der Waals surface area contributed by atoms with Gasteiger partial charge in [0.1, 0.15) is 12.4 Å². The van der Waals surface area contributed by atoms with E-state index in [1.807, 2.05) is 44.2 Å². The number of nitrogens with one attached hydrogen (secondary N) is 1. The first-order valence-corrected chi connectivity index (χ1v) is 9.25. The molecule has 0 fully saturated rings. The van der Waals surface area contributed by atoms with E-state index in [1.54, 1.807) is 37.7 Å². The molecule has 6 nitrogen and oxygen atoms in total. The molecule has 0 aliphatic heterocycles. The Kier molecular flexibility index (Phi) is 6.68. The average molecular weight is 392 g/mol. The molecule has 0 aliphatic rings. The van der Waals surface area contributed by atoms with E-state index in [-0.39, 0.29) is 12.5 Å². The Hall–Kier alpha value is -3.54. The van der Waals surface area contributed by atoms with Crippen LogP contribution in [0.4, 0.5) is 5.69 Å². The van der Waals surface area contributed by atoms with E-state index in [9.17, 15) is 4.79 Å². The maximum atomic E-state index is 12.3. The molecule has 1 heterocycles. The summed E-state index contributed by atoms with van der Waals surface area (Å²) >= 11 is 0. The highest BCUT2D eigenvalue weighted by molar-refractivity contribution is 5.92. The summed E-state index contributed by atoms with van der Waals surface area (Å²) in [5, 5.41) is 2.82. The normalized spacial score (nSPS) is 10.3. The van der Waals surface area contributed by atoms with Gasteiger partial charge >= 0.3 is 0 Å². The standard InChI is InChI=1S/C23H24N2O4/c1-16-4-6-20(12-17(16)2)28-15-23(26)25-19-5-7-21(27-3)22(13-19)29-14-18-8-10-24-11-9-18/h4-13H,14-15H2,1-3H3,(H,25,26). The summed E-state index contributed by atoms with van der Waals surface area (Å²) in [6, 6.07) is 14.7. The largest absolute Gasteiger partial charge is 0.493 e. The molecule has 0 unspecified atom stereocenters. The number of benzene rings is 2. The van der Waals surface area contributed by atoms with Crippen molar-refractivity contribution in [1.29, 1.82) is 0 Å². The van der Waals surface area contributed by atoms with Crippen molar-refractivity contribution in [1.82, 2.24) is 4.98 Å². The smallest absolute Gasteiger partial charge is 0.262 e. The summed E-state index contributed by atoms with van der Waals surface area (Å²) in [6.07, 6.45) is 3.42. The van der Waals surface area contributed by atoms with Crippen molar-refractivity contribution in [3.05, 3.63) is 77.6 Å². The first kappa shape index (κ1) is 20.2. The van der Waals surface area contributed by atoms with Gasteiger partial charge in [-0.3, -0.25) is 9.78 Å². The summed E-state index contributed by atoms with van der Waals surface area (Å²) < 4.78 is 16.8. The summed E-state index contributed by atoms with van der Waals surface area (Å²) in [5.41, 5.74) is 3.89. The lowest BCUT2D eigenvalue weighted by Gasteiger charge is -2.13. The number of carbonyl (C=O) groups is 1. The lowest BCUT2D eigenvalue weighted by molar-refractivity contribution is -0.118. The highest BCUT2D eigenvalue weighted by Crippen LogP contribution is 2.31. The van der Waals surface area contributed by atoms with Crippen LogP contribution in [0.3, 0.4) is 0 Å². The van der Waals surface area contributed by atoms with Crippen LogP contribution in [0, 0.1) is 13.8 Å². The van der Waals surface area contributed by atoms with Crippen molar-refractivity contribution in [3.63, 3.8) is 0 Å². The number of anilines is 1. The average Bonchev–Trinajstić information content (AvgIpc) is 2.74. The topological polar surface area (TPSA) is 69.7 Å². The molecule has 3 rings (SSSR count).